The molecule has 9 heteroatoms. The molecule has 8 nitrogen and oxygen atoms in total. The number of nitrogens with one attached hydrogen (secondary N) is 1. The van der Waals surface area contributed by atoms with E-state index < -0.39 is 22.0 Å². The van der Waals surface area contributed by atoms with E-state index in [2.05, 4.69) is 5.32 Å². The van der Waals surface area contributed by atoms with Gasteiger partial charge in [0.1, 0.15) is 18.1 Å². The Balaban J connectivity index is 1.53. The third-order valence-corrected chi connectivity index (χ3v) is 6.18. The molecule has 1 aromatic heterocycles. The van der Waals surface area contributed by atoms with Crippen LogP contribution in [0, 0.1) is 0 Å². The lowest BCUT2D eigenvalue weighted by atomic mass is 10.1. The first-order valence-electron chi connectivity index (χ1n) is 9.02. The number of benzene rings is 1. The summed E-state index contributed by atoms with van der Waals surface area (Å²) in [5.74, 6) is 0.560. The number of sulfone groups is 1. The highest BCUT2D eigenvalue weighted by Gasteiger charge is 2.40. The molecule has 0 unspecified atom stereocenters. The highest BCUT2D eigenvalue weighted by atomic mass is 32.2. The van der Waals surface area contributed by atoms with E-state index in [1.54, 1.807) is 17.0 Å². The van der Waals surface area contributed by atoms with Crippen LogP contribution < -0.4 is 10.1 Å². The topological polar surface area (TPSA) is 109 Å². The number of carbonyl (C=O) groups is 1. The first-order valence-corrected chi connectivity index (χ1v) is 10.8. The van der Waals surface area contributed by atoms with Crippen LogP contribution in [0.15, 0.2) is 53.1 Å². The Morgan fingerprint density at radius 1 is 1.21 bits per heavy atom. The van der Waals surface area contributed by atoms with Gasteiger partial charge in [0.15, 0.2) is 9.84 Å². The van der Waals surface area contributed by atoms with E-state index in [0.717, 1.165) is 5.75 Å². The number of aliphatic hydroxyl groups is 1. The first-order chi connectivity index (χ1) is 13.4. The van der Waals surface area contributed by atoms with Gasteiger partial charge in [-0.05, 0) is 24.3 Å². The number of rotatable bonds is 9. The van der Waals surface area contributed by atoms with Crippen molar-refractivity contribution in [2.24, 2.45) is 0 Å². The van der Waals surface area contributed by atoms with Crippen LogP contribution in [0.5, 0.6) is 5.75 Å². The zero-order valence-electron chi connectivity index (χ0n) is 15.4. The zero-order chi connectivity index (χ0) is 20.0. The Morgan fingerprint density at radius 2 is 2.00 bits per heavy atom. The minimum Gasteiger partial charge on any atom is -0.492 e. The predicted molar refractivity (Wildman–Crippen MR) is 103 cm³/mol. The second kappa shape index (κ2) is 9.22. The molecule has 2 N–H and O–H groups in total. The molecule has 2 heterocycles. The van der Waals surface area contributed by atoms with Gasteiger partial charge in [0.25, 0.3) is 0 Å². The third kappa shape index (κ3) is 5.82. The quantitative estimate of drug-likeness (QED) is 0.579. The minimum atomic E-state index is -3.33. The van der Waals surface area contributed by atoms with E-state index in [1.165, 1.54) is 6.26 Å². The van der Waals surface area contributed by atoms with Crippen LogP contribution >= 0.6 is 0 Å². The standard InChI is InChI=1S/C19H24N2O6S/c22-18-14-28(24,25)13-17(18)21(11-16-7-4-9-26-16)12-19(23)20-8-10-27-15-5-2-1-3-6-15/h1-7,9,17-18,22H,8,10-14H2,(H,20,23)/t17-,18+/m1/s1. The van der Waals surface area contributed by atoms with Gasteiger partial charge in [-0.3, -0.25) is 9.69 Å². The Bertz CT molecular complexity index is 854. The number of furan rings is 1. The van der Waals surface area contributed by atoms with Gasteiger partial charge in [-0.15, -0.1) is 0 Å². The average molecular weight is 408 g/mol. The molecule has 1 amide bonds. The van der Waals surface area contributed by atoms with E-state index in [0.29, 0.717) is 18.9 Å². The largest absolute Gasteiger partial charge is 0.492 e. The molecule has 0 aliphatic carbocycles. The van der Waals surface area contributed by atoms with Crippen LogP contribution in [0.3, 0.4) is 0 Å². The molecule has 1 fully saturated rings. The van der Waals surface area contributed by atoms with E-state index in [4.69, 9.17) is 9.15 Å². The van der Waals surface area contributed by atoms with E-state index in [-0.39, 0.29) is 30.5 Å². The Morgan fingerprint density at radius 3 is 2.64 bits per heavy atom. The maximum atomic E-state index is 12.3. The number of amides is 1. The summed E-state index contributed by atoms with van der Waals surface area (Å²) in [6.45, 7) is 0.809. The molecule has 0 saturated carbocycles. The summed E-state index contributed by atoms with van der Waals surface area (Å²) >= 11 is 0. The third-order valence-electron chi connectivity index (χ3n) is 4.48. The Hall–Kier alpha value is -2.36. The van der Waals surface area contributed by atoms with E-state index in [1.807, 2.05) is 30.3 Å². The molecule has 3 rings (SSSR count). The maximum Gasteiger partial charge on any atom is 0.234 e. The maximum absolute atomic E-state index is 12.3. The molecule has 0 spiro atoms. The van der Waals surface area contributed by atoms with Crippen LogP contribution in [0.4, 0.5) is 0 Å². The smallest absolute Gasteiger partial charge is 0.234 e. The van der Waals surface area contributed by atoms with Gasteiger partial charge < -0.3 is 19.6 Å². The summed E-state index contributed by atoms with van der Waals surface area (Å²) in [5.41, 5.74) is 0. The molecule has 28 heavy (non-hydrogen) atoms. The van der Waals surface area contributed by atoms with Gasteiger partial charge in [0.2, 0.25) is 5.91 Å². The van der Waals surface area contributed by atoms with Crippen molar-refractivity contribution in [1.29, 1.82) is 0 Å². The van der Waals surface area contributed by atoms with Crippen molar-refractivity contribution in [1.82, 2.24) is 10.2 Å². The normalized spacial score (nSPS) is 20.9. The van der Waals surface area contributed by atoms with Crippen LogP contribution in [0.25, 0.3) is 0 Å². The summed E-state index contributed by atoms with van der Waals surface area (Å²) in [6.07, 6.45) is 0.477. The first kappa shape index (κ1) is 20.4. The molecule has 2 atom stereocenters. The number of carbonyl (C=O) groups excluding carboxylic acids is 1. The molecule has 1 aliphatic heterocycles. The van der Waals surface area contributed by atoms with Gasteiger partial charge in [-0.25, -0.2) is 8.42 Å². The molecule has 1 aliphatic rings. The lowest BCUT2D eigenvalue weighted by Gasteiger charge is -2.28. The number of aliphatic hydroxyl groups excluding tert-OH is 1. The van der Waals surface area contributed by atoms with Gasteiger partial charge in [-0.1, -0.05) is 18.2 Å². The second-order valence-electron chi connectivity index (χ2n) is 6.71. The van der Waals surface area contributed by atoms with Crippen molar-refractivity contribution in [3.05, 3.63) is 54.5 Å². The molecule has 0 bridgehead atoms. The summed E-state index contributed by atoms with van der Waals surface area (Å²) < 4.78 is 34.6. The number of para-hydroxylation sites is 1. The van der Waals surface area contributed by atoms with Crippen LogP contribution in [0.1, 0.15) is 5.76 Å². The summed E-state index contributed by atoms with van der Waals surface area (Å²) in [5, 5.41) is 12.9. The fourth-order valence-electron chi connectivity index (χ4n) is 3.17. The summed E-state index contributed by atoms with van der Waals surface area (Å²) in [6, 6.07) is 12.1. The molecular weight excluding hydrogens is 384 g/mol. The number of ether oxygens (including phenoxy) is 1. The average Bonchev–Trinajstić information content (AvgIpc) is 3.26. The van der Waals surface area contributed by atoms with Crippen molar-refractivity contribution in [3.63, 3.8) is 0 Å². The number of hydrogen-bond donors (Lipinski definition) is 2. The lowest BCUT2D eigenvalue weighted by Crippen LogP contribution is -2.47. The Labute approximate surface area is 164 Å². The van der Waals surface area contributed by atoms with Gasteiger partial charge in [-0.2, -0.15) is 0 Å². The molecule has 0 radical (unpaired) electrons. The highest BCUT2D eigenvalue weighted by Crippen LogP contribution is 2.20. The van der Waals surface area contributed by atoms with Crippen molar-refractivity contribution >= 4 is 15.7 Å². The van der Waals surface area contributed by atoms with Crippen molar-refractivity contribution in [2.75, 3.05) is 31.2 Å². The summed E-state index contributed by atoms with van der Waals surface area (Å²) in [4.78, 5) is 14.0. The van der Waals surface area contributed by atoms with Crippen molar-refractivity contribution < 1.29 is 27.5 Å². The van der Waals surface area contributed by atoms with Gasteiger partial charge in [0, 0.05) is 0 Å². The van der Waals surface area contributed by atoms with Crippen LogP contribution in [-0.4, -0.2) is 67.7 Å². The fourth-order valence-corrected chi connectivity index (χ4v) is 5.00. The highest BCUT2D eigenvalue weighted by molar-refractivity contribution is 7.91. The van der Waals surface area contributed by atoms with Crippen LogP contribution in [-0.2, 0) is 21.2 Å². The molecule has 152 valence electrons. The SMILES string of the molecule is O=C(CN(Cc1ccco1)[C@@H]1CS(=O)(=O)C[C@@H]1O)NCCOc1ccccc1. The van der Waals surface area contributed by atoms with Crippen molar-refractivity contribution in [3.8, 4) is 5.75 Å². The lowest BCUT2D eigenvalue weighted by molar-refractivity contribution is -0.123. The number of nitrogens with zero attached hydrogens (tertiary/aromatic N) is 1. The molecule has 1 aromatic carbocycles. The Kier molecular flexibility index (Phi) is 6.71. The summed E-state index contributed by atoms with van der Waals surface area (Å²) in [7, 11) is -3.33. The van der Waals surface area contributed by atoms with E-state index >= 15 is 0 Å². The molecule has 1 saturated heterocycles. The fraction of sp³-hybridized carbons (Fsp3) is 0.421. The zero-order valence-corrected chi connectivity index (χ0v) is 16.2. The van der Waals surface area contributed by atoms with Crippen molar-refractivity contribution in [2.45, 2.75) is 18.7 Å². The minimum absolute atomic E-state index is 0.0523. The van der Waals surface area contributed by atoms with E-state index in [9.17, 15) is 18.3 Å². The number of hydrogen-bond acceptors (Lipinski definition) is 7. The van der Waals surface area contributed by atoms with Gasteiger partial charge >= 0.3 is 0 Å². The molecule has 2 aromatic rings. The monoisotopic (exact) mass is 408 g/mol. The molecular formula is C19H24N2O6S. The van der Waals surface area contributed by atoms with Crippen LogP contribution in [0.2, 0.25) is 0 Å². The second-order valence-corrected chi connectivity index (χ2v) is 8.86. The van der Waals surface area contributed by atoms with Gasteiger partial charge in [0.05, 0.1) is 49.5 Å². The predicted octanol–water partition coefficient (Wildman–Crippen LogP) is 0.435.